The summed E-state index contributed by atoms with van der Waals surface area (Å²) in [7, 11) is 0. The van der Waals surface area contributed by atoms with Crippen LogP contribution in [0.3, 0.4) is 0 Å². The van der Waals surface area contributed by atoms with Crippen molar-refractivity contribution < 1.29 is 24.2 Å². The van der Waals surface area contributed by atoms with Gasteiger partial charge in [-0.05, 0) is 47.4 Å². The maximum Gasteiger partial charge on any atom is 0.407 e. The van der Waals surface area contributed by atoms with Gasteiger partial charge in [-0.3, -0.25) is 4.79 Å². The zero-order valence-electron chi connectivity index (χ0n) is 20.0. The lowest BCUT2D eigenvalue weighted by Crippen LogP contribution is -2.56. The molecule has 1 fully saturated rings. The molecule has 7 nitrogen and oxygen atoms in total. The van der Waals surface area contributed by atoms with Crippen molar-refractivity contribution in [2.24, 2.45) is 5.92 Å². The number of amides is 2. The van der Waals surface area contributed by atoms with Gasteiger partial charge in [0.25, 0.3) is 0 Å². The van der Waals surface area contributed by atoms with Crippen molar-refractivity contribution in [3.8, 4) is 11.1 Å². The molecule has 35 heavy (non-hydrogen) atoms. The predicted octanol–water partition coefficient (Wildman–Crippen LogP) is 4.57. The van der Waals surface area contributed by atoms with Crippen LogP contribution < -0.4 is 5.32 Å². The number of carbonyl (C=O) groups is 3. The first kappa shape index (κ1) is 24.5. The molecule has 2 aliphatic rings. The standard InChI is InChI=1S/C28H32N2O5/c1-3-9-24(26(31)30-15-14-18(4-2)16-25(30)27(32)33)29-28(34)35-17-23-21-12-7-5-10-19(21)20-11-6-8-13-22(20)23/h3,5-8,10-13,18,23-25H,1,4,9,14-17H2,2H3,(H,29,34)(H,32,33). The van der Waals surface area contributed by atoms with Crippen molar-refractivity contribution in [3.05, 3.63) is 72.3 Å². The first-order valence-corrected chi connectivity index (χ1v) is 12.2. The monoisotopic (exact) mass is 476 g/mol. The number of piperidine rings is 1. The lowest BCUT2D eigenvalue weighted by atomic mass is 9.88. The maximum absolute atomic E-state index is 13.3. The summed E-state index contributed by atoms with van der Waals surface area (Å²) in [6.45, 7) is 6.21. The highest BCUT2D eigenvalue weighted by atomic mass is 16.5. The van der Waals surface area contributed by atoms with Crippen LogP contribution in [0.15, 0.2) is 61.2 Å². The van der Waals surface area contributed by atoms with Crippen LogP contribution in [-0.2, 0) is 14.3 Å². The second-order valence-electron chi connectivity index (χ2n) is 9.23. The van der Waals surface area contributed by atoms with Crippen LogP contribution in [0.5, 0.6) is 0 Å². The number of nitrogens with one attached hydrogen (secondary N) is 1. The van der Waals surface area contributed by atoms with Crippen LogP contribution in [0, 0.1) is 5.92 Å². The van der Waals surface area contributed by atoms with Crippen molar-refractivity contribution >= 4 is 18.0 Å². The molecule has 184 valence electrons. The van der Waals surface area contributed by atoms with E-state index in [9.17, 15) is 19.5 Å². The summed E-state index contributed by atoms with van der Waals surface area (Å²) >= 11 is 0. The van der Waals surface area contributed by atoms with Gasteiger partial charge in [0, 0.05) is 12.5 Å². The van der Waals surface area contributed by atoms with Gasteiger partial charge in [0.05, 0.1) is 0 Å². The number of carboxylic acid groups (broad SMARTS) is 1. The molecule has 2 aromatic carbocycles. The summed E-state index contributed by atoms with van der Waals surface area (Å²) in [5.74, 6) is -1.25. The van der Waals surface area contributed by atoms with E-state index in [4.69, 9.17) is 4.74 Å². The average molecular weight is 477 g/mol. The molecule has 2 aromatic rings. The Hall–Kier alpha value is -3.61. The quantitative estimate of drug-likeness (QED) is 0.544. The minimum Gasteiger partial charge on any atom is -0.480 e. The van der Waals surface area contributed by atoms with E-state index in [1.807, 2.05) is 43.3 Å². The third-order valence-electron chi connectivity index (χ3n) is 7.19. The molecule has 0 saturated carbocycles. The van der Waals surface area contributed by atoms with Gasteiger partial charge >= 0.3 is 12.1 Å². The lowest BCUT2D eigenvalue weighted by Gasteiger charge is -2.38. The number of benzene rings is 2. The highest BCUT2D eigenvalue weighted by Gasteiger charge is 2.38. The summed E-state index contributed by atoms with van der Waals surface area (Å²) < 4.78 is 5.59. The fraction of sp³-hybridized carbons (Fsp3) is 0.393. The topological polar surface area (TPSA) is 95.9 Å². The van der Waals surface area contributed by atoms with Crippen molar-refractivity contribution in [1.82, 2.24) is 10.2 Å². The van der Waals surface area contributed by atoms with Gasteiger partial charge < -0.3 is 20.1 Å². The molecule has 0 aromatic heterocycles. The Morgan fingerprint density at radius 3 is 2.34 bits per heavy atom. The van der Waals surface area contributed by atoms with E-state index < -0.39 is 30.1 Å². The smallest absolute Gasteiger partial charge is 0.407 e. The number of alkyl carbamates (subject to hydrolysis) is 1. The van der Waals surface area contributed by atoms with Crippen LogP contribution >= 0.6 is 0 Å². The fourth-order valence-corrected chi connectivity index (χ4v) is 5.28. The minimum atomic E-state index is -1.02. The second kappa shape index (κ2) is 10.8. The van der Waals surface area contributed by atoms with Crippen LogP contribution in [0.1, 0.15) is 49.7 Å². The molecule has 1 aliphatic carbocycles. The van der Waals surface area contributed by atoms with Crippen LogP contribution in [0.4, 0.5) is 4.79 Å². The van der Waals surface area contributed by atoms with Crippen LogP contribution in [0.25, 0.3) is 11.1 Å². The average Bonchev–Trinajstić information content (AvgIpc) is 3.20. The highest BCUT2D eigenvalue weighted by Crippen LogP contribution is 2.44. The van der Waals surface area contributed by atoms with Gasteiger partial charge in [-0.1, -0.05) is 68.0 Å². The number of hydrogen-bond acceptors (Lipinski definition) is 4. The van der Waals surface area contributed by atoms with E-state index >= 15 is 0 Å². The van der Waals surface area contributed by atoms with Gasteiger partial charge in [-0.25, -0.2) is 9.59 Å². The third-order valence-corrected chi connectivity index (χ3v) is 7.19. The van der Waals surface area contributed by atoms with Gasteiger partial charge in [0.2, 0.25) is 5.91 Å². The van der Waals surface area contributed by atoms with E-state index in [0.29, 0.717) is 13.0 Å². The lowest BCUT2D eigenvalue weighted by molar-refractivity contribution is -0.154. The van der Waals surface area contributed by atoms with Crippen molar-refractivity contribution in [2.45, 2.75) is 50.6 Å². The number of aliphatic carboxylic acids is 1. The number of carbonyl (C=O) groups excluding carboxylic acids is 2. The third kappa shape index (κ3) is 5.09. The highest BCUT2D eigenvalue weighted by molar-refractivity contribution is 5.89. The van der Waals surface area contributed by atoms with Gasteiger partial charge in [-0.15, -0.1) is 6.58 Å². The van der Waals surface area contributed by atoms with E-state index in [1.165, 1.54) is 4.90 Å². The Morgan fingerprint density at radius 1 is 1.14 bits per heavy atom. The Labute approximate surface area is 205 Å². The molecule has 3 atom stereocenters. The molecular weight excluding hydrogens is 444 g/mol. The Morgan fingerprint density at radius 2 is 1.77 bits per heavy atom. The van der Waals surface area contributed by atoms with Crippen molar-refractivity contribution in [2.75, 3.05) is 13.2 Å². The zero-order valence-corrected chi connectivity index (χ0v) is 20.0. The first-order chi connectivity index (χ1) is 16.9. The molecule has 1 aliphatic heterocycles. The minimum absolute atomic E-state index is 0.0915. The van der Waals surface area contributed by atoms with Crippen LogP contribution in [-0.4, -0.2) is 53.2 Å². The number of rotatable bonds is 8. The number of likely N-dealkylation sites (tertiary alicyclic amines) is 1. The molecule has 0 spiro atoms. The largest absolute Gasteiger partial charge is 0.480 e. The molecule has 2 N–H and O–H groups in total. The van der Waals surface area contributed by atoms with Gasteiger partial charge in [0.15, 0.2) is 0 Å². The summed E-state index contributed by atoms with van der Waals surface area (Å²) in [5, 5.41) is 12.4. The van der Waals surface area contributed by atoms with E-state index in [2.05, 4.69) is 24.0 Å². The molecule has 4 rings (SSSR count). The summed E-state index contributed by atoms with van der Waals surface area (Å²) in [5.41, 5.74) is 4.46. The number of hydrogen-bond donors (Lipinski definition) is 2. The normalized spacial score (nSPS) is 19.9. The van der Waals surface area contributed by atoms with Crippen molar-refractivity contribution in [3.63, 3.8) is 0 Å². The molecule has 0 radical (unpaired) electrons. The Kier molecular flexibility index (Phi) is 7.54. The zero-order chi connectivity index (χ0) is 24.9. The van der Waals surface area contributed by atoms with Gasteiger partial charge in [-0.2, -0.15) is 0 Å². The van der Waals surface area contributed by atoms with Crippen LogP contribution in [0.2, 0.25) is 0 Å². The molecule has 7 heteroatoms. The molecule has 3 unspecified atom stereocenters. The number of ether oxygens (including phenoxy) is 1. The molecular formula is C28H32N2O5. The summed E-state index contributed by atoms with van der Waals surface area (Å²) in [4.78, 5) is 39.3. The maximum atomic E-state index is 13.3. The first-order valence-electron chi connectivity index (χ1n) is 12.2. The number of carboxylic acids is 1. The Bertz CT molecular complexity index is 1070. The molecule has 1 heterocycles. The van der Waals surface area contributed by atoms with E-state index in [0.717, 1.165) is 35.1 Å². The number of nitrogens with zero attached hydrogens (tertiary/aromatic N) is 1. The summed E-state index contributed by atoms with van der Waals surface area (Å²) in [6.07, 6.45) is 3.06. The fourth-order valence-electron chi connectivity index (χ4n) is 5.28. The van der Waals surface area contributed by atoms with E-state index in [1.54, 1.807) is 6.08 Å². The molecule has 0 bridgehead atoms. The van der Waals surface area contributed by atoms with E-state index in [-0.39, 0.29) is 24.9 Å². The van der Waals surface area contributed by atoms with Gasteiger partial charge in [0.1, 0.15) is 18.7 Å². The SMILES string of the molecule is C=CCC(NC(=O)OCC1c2ccccc2-c2ccccc21)C(=O)N1CCC(CC)CC1C(=O)O. The summed E-state index contributed by atoms with van der Waals surface area (Å²) in [6, 6.07) is 14.3. The molecule has 2 amide bonds. The Balaban J connectivity index is 1.43. The van der Waals surface area contributed by atoms with Crippen molar-refractivity contribution in [1.29, 1.82) is 0 Å². The second-order valence-corrected chi connectivity index (χ2v) is 9.23. The predicted molar refractivity (Wildman–Crippen MR) is 133 cm³/mol. The number of fused-ring (bicyclic) bond motifs is 3. The molecule has 1 saturated heterocycles.